The highest BCUT2D eigenvalue weighted by atomic mass is 16.6. The van der Waals surface area contributed by atoms with Crippen LogP contribution in [0.5, 0.6) is 5.75 Å². The number of methoxy groups -OCH3 is 1. The van der Waals surface area contributed by atoms with Gasteiger partial charge in [-0.25, -0.2) is 4.79 Å². The molecule has 0 radical (unpaired) electrons. The van der Waals surface area contributed by atoms with Crippen LogP contribution in [0.25, 0.3) is 5.76 Å². The number of hydrogen-bond acceptors (Lipinski definition) is 8. The van der Waals surface area contributed by atoms with Crippen molar-refractivity contribution >= 4 is 34.8 Å². The topological polar surface area (TPSA) is 136 Å². The zero-order valence-corrected chi connectivity index (χ0v) is 19.9. The van der Waals surface area contributed by atoms with Crippen LogP contribution in [-0.4, -0.2) is 41.4 Å². The van der Waals surface area contributed by atoms with Crippen LogP contribution < -0.4 is 9.64 Å². The van der Waals surface area contributed by atoms with Crippen molar-refractivity contribution in [2.45, 2.75) is 13.0 Å². The normalized spacial score (nSPS) is 16.5. The third-order valence-corrected chi connectivity index (χ3v) is 5.84. The molecule has 3 aromatic carbocycles. The molecule has 188 valence electrons. The van der Waals surface area contributed by atoms with Gasteiger partial charge < -0.3 is 14.6 Å². The molecule has 1 aliphatic rings. The van der Waals surface area contributed by atoms with Crippen LogP contribution in [0.3, 0.4) is 0 Å². The quantitative estimate of drug-likeness (QED) is 0.125. The maximum Gasteiger partial charge on any atom is 0.338 e. The molecule has 1 saturated heterocycles. The van der Waals surface area contributed by atoms with Gasteiger partial charge in [0.05, 0.1) is 35.8 Å². The molecule has 0 saturated carbocycles. The molecule has 0 bridgehead atoms. The highest BCUT2D eigenvalue weighted by molar-refractivity contribution is 6.51. The summed E-state index contributed by atoms with van der Waals surface area (Å²) in [5.41, 5.74) is 0.593. The summed E-state index contributed by atoms with van der Waals surface area (Å²) in [5, 5.41) is 22.2. The Balaban J connectivity index is 1.91. The van der Waals surface area contributed by atoms with Crippen LogP contribution in [0.4, 0.5) is 11.4 Å². The molecule has 4 rings (SSSR count). The number of non-ortho nitro benzene ring substituents is 1. The minimum absolute atomic E-state index is 0.122. The molecule has 3 aromatic rings. The van der Waals surface area contributed by atoms with Crippen LogP contribution >= 0.6 is 0 Å². The van der Waals surface area contributed by atoms with Crippen LogP contribution in [0.1, 0.15) is 34.5 Å². The number of aliphatic hydroxyl groups is 1. The first-order chi connectivity index (χ1) is 17.8. The number of rotatable bonds is 7. The van der Waals surface area contributed by atoms with E-state index >= 15 is 0 Å². The number of hydrogen-bond donors (Lipinski definition) is 1. The van der Waals surface area contributed by atoms with E-state index in [1.54, 1.807) is 43.3 Å². The molecular weight excluding hydrogens is 480 g/mol. The highest BCUT2D eigenvalue weighted by Crippen LogP contribution is 2.43. The Bertz CT molecular complexity index is 1430. The van der Waals surface area contributed by atoms with Crippen molar-refractivity contribution in [1.82, 2.24) is 0 Å². The summed E-state index contributed by atoms with van der Waals surface area (Å²) in [5.74, 6) is -2.50. The van der Waals surface area contributed by atoms with Crippen molar-refractivity contribution < 1.29 is 33.9 Å². The van der Waals surface area contributed by atoms with Gasteiger partial charge in [-0.1, -0.05) is 18.2 Å². The molecule has 1 N–H and O–H groups in total. The van der Waals surface area contributed by atoms with Gasteiger partial charge in [0.25, 0.3) is 17.4 Å². The Morgan fingerprint density at radius 1 is 1.03 bits per heavy atom. The van der Waals surface area contributed by atoms with Gasteiger partial charge in [0.1, 0.15) is 11.5 Å². The number of amides is 1. The number of ether oxygens (including phenoxy) is 2. The van der Waals surface area contributed by atoms with Crippen LogP contribution in [-0.2, 0) is 14.3 Å². The fraction of sp³-hybridized carbons (Fsp3) is 0.148. The zero-order chi connectivity index (χ0) is 26.7. The molecule has 10 heteroatoms. The second-order valence-corrected chi connectivity index (χ2v) is 8.02. The molecule has 1 atom stereocenters. The molecule has 1 amide bonds. The first kappa shape index (κ1) is 25.1. The van der Waals surface area contributed by atoms with Gasteiger partial charge in [0, 0.05) is 23.4 Å². The Kier molecular flexibility index (Phi) is 7.01. The van der Waals surface area contributed by atoms with E-state index in [0.717, 1.165) is 0 Å². The largest absolute Gasteiger partial charge is 0.507 e. The van der Waals surface area contributed by atoms with E-state index in [0.29, 0.717) is 11.3 Å². The Hall–Kier alpha value is -4.99. The van der Waals surface area contributed by atoms with E-state index in [2.05, 4.69) is 0 Å². The van der Waals surface area contributed by atoms with Gasteiger partial charge in [-0.15, -0.1) is 0 Å². The van der Waals surface area contributed by atoms with Gasteiger partial charge >= 0.3 is 5.97 Å². The molecule has 1 fully saturated rings. The second kappa shape index (κ2) is 10.3. The van der Waals surface area contributed by atoms with E-state index in [1.807, 2.05) is 0 Å². The Labute approximate surface area is 211 Å². The number of carbonyl (C=O) groups excluding carboxylic acids is 3. The number of carbonyl (C=O) groups is 3. The monoisotopic (exact) mass is 502 g/mol. The molecular formula is C27H22N2O8. The molecule has 37 heavy (non-hydrogen) atoms. The van der Waals surface area contributed by atoms with Crippen molar-refractivity contribution in [3.8, 4) is 5.75 Å². The fourth-order valence-electron chi connectivity index (χ4n) is 4.12. The van der Waals surface area contributed by atoms with Crippen molar-refractivity contribution in [2.75, 3.05) is 18.6 Å². The third kappa shape index (κ3) is 4.76. The van der Waals surface area contributed by atoms with E-state index in [9.17, 15) is 29.6 Å². The standard InChI is InChI=1S/C27H22N2O8/c1-3-37-27(33)18-7-4-8-20(14-18)28-23(17-6-5-9-21(15-17)36-2)22(25(31)26(28)32)24(30)16-10-12-19(13-11-16)29(34)35/h4-15,23,30H,3H2,1-2H3/b24-22+. The van der Waals surface area contributed by atoms with Gasteiger partial charge in [0.2, 0.25) is 0 Å². The first-order valence-corrected chi connectivity index (χ1v) is 11.2. The average molecular weight is 502 g/mol. The van der Waals surface area contributed by atoms with Crippen molar-refractivity contribution in [2.24, 2.45) is 0 Å². The van der Waals surface area contributed by atoms with Gasteiger partial charge in [-0.05, 0) is 55.0 Å². The summed E-state index contributed by atoms with van der Waals surface area (Å²) in [6.07, 6.45) is 0. The number of aliphatic hydroxyl groups excluding tert-OH is 1. The SMILES string of the molecule is CCOC(=O)c1cccc(N2C(=O)C(=O)/C(=C(/O)c3ccc([N+](=O)[O-])cc3)C2c2cccc(OC)c2)c1. The summed E-state index contributed by atoms with van der Waals surface area (Å²) in [6.45, 7) is 1.83. The predicted molar refractivity (Wildman–Crippen MR) is 133 cm³/mol. The number of ketones is 1. The van der Waals surface area contributed by atoms with E-state index < -0.39 is 34.4 Å². The lowest BCUT2D eigenvalue weighted by Crippen LogP contribution is -2.29. The Morgan fingerprint density at radius 2 is 1.73 bits per heavy atom. The number of Topliss-reactive ketones (excluding diaryl/α,β-unsaturated/α-hetero) is 1. The summed E-state index contributed by atoms with van der Waals surface area (Å²) >= 11 is 0. The predicted octanol–water partition coefficient (Wildman–Crippen LogP) is 4.41. The van der Waals surface area contributed by atoms with Gasteiger partial charge in [-0.2, -0.15) is 0 Å². The lowest BCUT2D eigenvalue weighted by Gasteiger charge is -2.26. The average Bonchev–Trinajstić information content (AvgIpc) is 3.18. The third-order valence-electron chi connectivity index (χ3n) is 5.84. The number of nitro groups is 1. The fourth-order valence-corrected chi connectivity index (χ4v) is 4.12. The van der Waals surface area contributed by atoms with Crippen LogP contribution in [0, 0.1) is 10.1 Å². The molecule has 0 spiro atoms. The molecule has 1 aliphatic heterocycles. The van der Waals surface area contributed by atoms with Gasteiger partial charge in [0.15, 0.2) is 0 Å². The maximum atomic E-state index is 13.3. The van der Waals surface area contributed by atoms with Crippen molar-refractivity contribution in [3.05, 3.63) is 105 Å². The zero-order valence-electron chi connectivity index (χ0n) is 19.9. The summed E-state index contributed by atoms with van der Waals surface area (Å²) in [7, 11) is 1.47. The van der Waals surface area contributed by atoms with E-state index in [-0.39, 0.29) is 34.7 Å². The number of anilines is 1. The minimum Gasteiger partial charge on any atom is -0.507 e. The molecule has 0 aliphatic carbocycles. The lowest BCUT2D eigenvalue weighted by molar-refractivity contribution is -0.384. The second-order valence-electron chi connectivity index (χ2n) is 8.02. The first-order valence-electron chi connectivity index (χ1n) is 11.2. The molecule has 1 heterocycles. The van der Waals surface area contributed by atoms with Crippen LogP contribution in [0.15, 0.2) is 78.4 Å². The molecule has 1 unspecified atom stereocenters. The number of esters is 1. The molecule has 0 aromatic heterocycles. The Morgan fingerprint density at radius 3 is 2.38 bits per heavy atom. The summed E-state index contributed by atoms with van der Waals surface area (Å²) in [4.78, 5) is 50.6. The molecule has 10 nitrogen and oxygen atoms in total. The number of benzene rings is 3. The summed E-state index contributed by atoms with van der Waals surface area (Å²) < 4.78 is 10.4. The van der Waals surface area contributed by atoms with Crippen LogP contribution in [0.2, 0.25) is 0 Å². The van der Waals surface area contributed by atoms with Crippen molar-refractivity contribution in [1.29, 1.82) is 0 Å². The van der Waals surface area contributed by atoms with Gasteiger partial charge in [-0.3, -0.25) is 24.6 Å². The minimum atomic E-state index is -1.08. The number of nitrogens with zero attached hydrogens (tertiary/aromatic N) is 2. The lowest BCUT2D eigenvalue weighted by atomic mass is 9.95. The smallest absolute Gasteiger partial charge is 0.338 e. The highest BCUT2D eigenvalue weighted by Gasteiger charge is 2.47. The number of nitro benzene ring substituents is 1. The van der Waals surface area contributed by atoms with E-state index in [4.69, 9.17) is 9.47 Å². The summed E-state index contributed by atoms with van der Waals surface area (Å²) in [6, 6.07) is 16.6. The maximum absolute atomic E-state index is 13.3. The van der Waals surface area contributed by atoms with E-state index in [1.165, 1.54) is 48.4 Å². The van der Waals surface area contributed by atoms with Crippen molar-refractivity contribution in [3.63, 3.8) is 0 Å².